The zero-order chi connectivity index (χ0) is 13.1. The minimum atomic E-state index is 0.180. The predicted octanol–water partition coefficient (Wildman–Crippen LogP) is 2.34. The number of aromatic nitrogens is 2. The van der Waals surface area contributed by atoms with E-state index in [-0.39, 0.29) is 6.10 Å². The molecule has 0 bridgehead atoms. The number of fused-ring (bicyclic) bond motifs is 1. The molecule has 2 N–H and O–H groups in total. The van der Waals surface area contributed by atoms with E-state index >= 15 is 0 Å². The van der Waals surface area contributed by atoms with E-state index in [1.807, 2.05) is 26.0 Å². The van der Waals surface area contributed by atoms with Crippen molar-refractivity contribution in [2.45, 2.75) is 39.8 Å². The van der Waals surface area contributed by atoms with E-state index in [2.05, 4.69) is 22.5 Å². The molecule has 4 nitrogen and oxygen atoms in total. The molecule has 0 atom stereocenters. The Kier molecular flexibility index (Phi) is 3.87. The molecule has 2 rings (SSSR count). The summed E-state index contributed by atoms with van der Waals surface area (Å²) in [5, 5.41) is 0. The van der Waals surface area contributed by atoms with Gasteiger partial charge in [0.05, 0.1) is 17.1 Å². The van der Waals surface area contributed by atoms with Crippen LogP contribution in [0.15, 0.2) is 18.2 Å². The third-order valence-corrected chi connectivity index (χ3v) is 2.85. The van der Waals surface area contributed by atoms with Crippen LogP contribution in [0.2, 0.25) is 0 Å². The van der Waals surface area contributed by atoms with Gasteiger partial charge in [-0.25, -0.2) is 4.98 Å². The summed E-state index contributed by atoms with van der Waals surface area (Å²) in [6, 6.07) is 6.08. The molecule has 18 heavy (non-hydrogen) atoms. The molecule has 0 fully saturated rings. The highest BCUT2D eigenvalue weighted by Crippen LogP contribution is 2.23. The monoisotopic (exact) mass is 247 g/mol. The first kappa shape index (κ1) is 12.9. The molecule has 0 saturated heterocycles. The first-order valence-corrected chi connectivity index (χ1v) is 6.51. The van der Waals surface area contributed by atoms with Gasteiger partial charge in [-0.2, -0.15) is 0 Å². The van der Waals surface area contributed by atoms with E-state index < -0.39 is 0 Å². The number of hydrogen-bond donors (Lipinski definition) is 1. The van der Waals surface area contributed by atoms with Crippen molar-refractivity contribution in [2.75, 3.05) is 6.54 Å². The van der Waals surface area contributed by atoms with Gasteiger partial charge in [0, 0.05) is 19.0 Å². The third-order valence-electron chi connectivity index (χ3n) is 2.85. The largest absolute Gasteiger partial charge is 0.491 e. The third kappa shape index (κ3) is 2.48. The highest BCUT2D eigenvalue weighted by Gasteiger charge is 2.10. The zero-order valence-electron chi connectivity index (χ0n) is 11.3. The highest BCUT2D eigenvalue weighted by molar-refractivity contribution is 5.77. The highest BCUT2D eigenvalue weighted by atomic mass is 16.5. The van der Waals surface area contributed by atoms with Gasteiger partial charge in [-0.05, 0) is 39.4 Å². The molecular weight excluding hydrogens is 226 g/mol. The summed E-state index contributed by atoms with van der Waals surface area (Å²) in [5.74, 6) is 1.93. The number of ether oxygens (including phenoxy) is 1. The van der Waals surface area contributed by atoms with Crippen LogP contribution in [0.25, 0.3) is 11.0 Å². The average Bonchev–Trinajstić information content (AvgIpc) is 2.65. The number of imidazole rings is 1. The van der Waals surface area contributed by atoms with Gasteiger partial charge in [-0.3, -0.25) is 0 Å². The fourth-order valence-electron chi connectivity index (χ4n) is 2.18. The molecule has 0 aliphatic carbocycles. The van der Waals surface area contributed by atoms with Crippen molar-refractivity contribution in [1.29, 1.82) is 0 Å². The number of nitrogens with zero attached hydrogens (tertiary/aromatic N) is 2. The lowest BCUT2D eigenvalue weighted by atomic mass is 10.3. The lowest BCUT2D eigenvalue weighted by Crippen LogP contribution is -2.09. The quantitative estimate of drug-likeness (QED) is 0.882. The summed E-state index contributed by atoms with van der Waals surface area (Å²) < 4.78 is 7.90. The molecule has 0 amide bonds. The molecule has 0 aliphatic heterocycles. The molecule has 0 spiro atoms. The number of benzene rings is 1. The topological polar surface area (TPSA) is 53.1 Å². The summed E-state index contributed by atoms with van der Waals surface area (Å²) in [6.07, 6.45) is 0.988. The summed E-state index contributed by atoms with van der Waals surface area (Å²) in [5.41, 5.74) is 7.76. The van der Waals surface area contributed by atoms with Crippen LogP contribution in [0.3, 0.4) is 0 Å². The Balaban J connectivity index is 2.44. The second-order valence-electron chi connectivity index (χ2n) is 4.63. The SMILES string of the molecule is CCn1c(CCN)nc2cc(OC(C)C)ccc21. The average molecular weight is 247 g/mol. The zero-order valence-corrected chi connectivity index (χ0v) is 11.3. The van der Waals surface area contributed by atoms with Crippen molar-refractivity contribution in [3.8, 4) is 5.75 Å². The van der Waals surface area contributed by atoms with Gasteiger partial charge in [-0.15, -0.1) is 0 Å². The van der Waals surface area contributed by atoms with Gasteiger partial charge in [0.2, 0.25) is 0 Å². The van der Waals surface area contributed by atoms with Gasteiger partial charge in [0.15, 0.2) is 0 Å². The van der Waals surface area contributed by atoms with Gasteiger partial charge in [0.25, 0.3) is 0 Å². The fourth-order valence-corrected chi connectivity index (χ4v) is 2.18. The van der Waals surface area contributed by atoms with Crippen LogP contribution in [-0.2, 0) is 13.0 Å². The van der Waals surface area contributed by atoms with Crippen molar-refractivity contribution in [2.24, 2.45) is 5.73 Å². The first-order valence-electron chi connectivity index (χ1n) is 6.51. The lowest BCUT2D eigenvalue weighted by molar-refractivity contribution is 0.242. The number of aryl methyl sites for hydroxylation is 1. The molecule has 4 heteroatoms. The van der Waals surface area contributed by atoms with E-state index in [0.29, 0.717) is 6.54 Å². The second kappa shape index (κ2) is 5.40. The molecule has 0 saturated carbocycles. The Morgan fingerprint density at radius 2 is 2.17 bits per heavy atom. The number of rotatable bonds is 5. The van der Waals surface area contributed by atoms with Crippen molar-refractivity contribution in [3.63, 3.8) is 0 Å². The van der Waals surface area contributed by atoms with E-state index in [4.69, 9.17) is 10.5 Å². The molecule has 1 aromatic carbocycles. The van der Waals surface area contributed by atoms with Gasteiger partial charge < -0.3 is 15.0 Å². The van der Waals surface area contributed by atoms with Crippen LogP contribution in [0, 0.1) is 0 Å². The van der Waals surface area contributed by atoms with Crippen molar-refractivity contribution in [1.82, 2.24) is 9.55 Å². The van der Waals surface area contributed by atoms with Crippen LogP contribution in [0.5, 0.6) is 5.75 Å². The van der Waals surface area contributed by atoms with E-state index in [9.17, 15) is 0 Å². The number of nitrogens with two attached hydrogens (primary N) is 1. The van der Waals surface area contributed by atoms with E-state index in [0.717, 1.165) is 35.6 Å². The summed E-state index contributed by atoms with van der Waals surface area (Å²) in [7, 11) is 0. The Bertz CT molecular complexity index is 531. The maximum atomic E-state index is 5.69. The number of hydrogen-bond acceptors (Lipinski definition) is 3. The molecule has 0 aliphatic rings. The maximum Gasteiger partial charge on any atom is 0.121 e. The normalized spacial score (nSPS) is 11.4. The summed E-state index contributed by atoms with van der Waals surface area (Å²) in [6.45, 7) is 7.71. The Morgan fingerprint density at radius 1 is 1.39 bits per heavy atom. The molecule has 0 unspecified atom stereocenters. The van der Waals surface area contributed by atoms with Crippen LogP contribution in [0.1, 0.15) is 26.6 Å². The minimum Gasteiger partial charge on any atom is -0.491 e. The molecule has 98 valence electrons. The summed E-state index contributed by atoms with van der Waals surface area (Å²) >= 11 is 0. The van der Waals surface area contributed by atoms with E-state index in [1.165, 1.54) is 0 Å². The van der Waals surface area contributed by atoms with Crippen LogP contribution >= 0.6 is 0 Å². The van der Waals surface area contributed by atoms with Crippen LogP contribution in [0.4, 0.5) is 0 Å². The Hall–Kier alpha value is -1.55. The van der Waals surface area contributed by atoms with Crippen molar-refractivity contribution < 1.29 is 4.74 Å². The second-order valence-corrected chi connectivity index (χ2v) is 4.63. The van der Waals surface area contributed by atoms with Crippen molar-refractivity contribution >= 4 is 11.0 Å². The molecule has 1 heterocycles. The molecule has 0 radical (unpaired) electrons. The molecule has 2 aromatic rings. The fraction of sp³-hybridized carbons (Fsp3) is 0.500. The van der Waals surface area contributed by atoms with Gasteiger partial charge in [-0.1, -0.05) is 0 Å². The minimum absolute atomic E-state index is 0.180. The first-order chi connectivity index (χ1) is 8.65. The van der Waals surface area contributed by atoms with Gasteiger partial charge >= 0.3 is 0 Å². The Morgan fingerprint density at radius 3 is 2.78 bits per heavy atom. The molecule has 1 aromatic heterocycles. The Labute approximate surface area is 108 Å². The predicted molar refractivity (Wildman–Crippen MR) is 73.9 cm³/mol. The van der Waals surface area contributed by atoms with Crippen molar-refractivity contribution in [3.05, 3.63) is 24.0 Å². The molecular formula is C14H21N3O. The standard InChI is InChI=1S/C14H21N3O/c1-4-17-13-6-5-11(18-10(2)3)9-12(13)16-14(17)7-8-15/h5-6,9-10H,4,7-8,15H2,1-3H3. The lowest BCUT2D eigenvalue weighted by Gasteiger charge is -2.09. The maximum absolute atomic E-state index is 5.69. The smallest absolute Gasteiger partial charge is 0.121 e. The van der Waals surface area contributed by atoms with Crippen LogP contribution < -0.4 is 10.5 Å². The van der Waals surface area contributed by atoms with E-state index in [1.54, 1.807) is 0 Å². The van der Waals surface area contributed by atoms with Crippen LogP contribution in [-0.4, -0.2) is 22.2 Å². The van der Waals surface area contributed by atoms with Gasteiger partial charge in [0.1, 0.15) is 11.6 Å². The summed E-state index contributed by atoms with van der Waals surface area (Å²) in [4.78, 5) is 4.64.